The number of likely N-dealkylation sites (tertiary alicyclic amines) is 1. The first-order valence-electron chi connectivity index (χ1n) is 8.90. The predicted molar refractivity (Wildman–Crippen MR) is 84.3 cm³/mol. The van der Waals surface area contributed by atoms with Gasteiger partial charge >= 0.3 is 0 Å². The van der Waals surface area contributed by atoms with E-state index in [4.69, 9.17) is 9.47 Å². The van der Waals surface area contributed by atoms with Gasteiger partial charge in [-0.1, -0.05) is 13.8 Å². The molecule has 0 aromatic carbocycles. The summed E-state index contributed by atoms with van der Waals surface area (Å²) in [5.41, 5.74) is 0. The number of ether oxygens (including phenoxy) is 2. The Bertz CT molecular complexity index is 344. The molecule has 0 radical (unpaired) electrons. The normalized spacial score (nSPS) is 40.7. The zero-order valence-corrected chi connectivity index (χ0v) is 13.9. The van der Waals surface area contributed by atoms with Crippen LogP contribution in [0.25, 0.3) is 0 Å². The van der Waals surface area contributed by atoms with Gasteiger partial charge < -0.3 is 14.8 Å². The van der Waals surface area contributed by atoms with Gasteiger partial charge in [-0.2, -0.15) is 0 Å². The maximum absolute atomic E-state index is 6.01. The molecular weight excluding hydrogens is 264 g/mol. The van der Waals surface area contributed by atoms with Gasteiger partial charge in [-0.3, -0.25) is 4.90 Å². The molecule has 2 heterocycles. The van der Waals surface area contributed by atoms with E-state index in [2.05, 4.69) is 31.0 Å². The Balaban J connectivity index is 1.76. The van der Waals surface area contributed by atoms with E-state index >= 15 is 0 Å². The predicted octanol–water partition coefficient (Wildman–Crippen LogP) is 2.38. The van der Waals surface area contributed by atoms with Crippen molar-refractivity contribution in [2.45, 2.75) is 76.8 Å². The zero-order valence-electron chi connectivity index (χ0n) is 13.9. The van der Waals surface area contributed by atoms with Crippen molar-refractivity contribution >= 4 is 0 Å². The van der Waals surface area contributed by atoms with Crippen molar-refractivity contribution in [3.63, 3.8) is 0 Å². The Labute approximate surface area is 129 Å². The van der Waals surface area contributed by atoms with Crippen molar-refractivity contribution in [3.8, 4) is 0 Å². The summed E-state index contributed by atoms with van der Waals surface area (Å²) in [5, 5.41) is 3.72. The number of hydrogen-bond acceptors (Lipinski definition) is 4. The molecule has 3 aliphatic rings. The van der Waals surface area contributed by atoms with E-state index in [1.807, 2.05) is 0 Å². The number of likely N-dealkylation sites (N-methyl/N-ethyl adjacent to an activating group) is 1. The zero-order chi connectivity index (χ0) is 14.9. The third kappa shape index (κ3) is 3.29. The minimum Gasteiger partial charge on any atom is -0.347 e. The average Bonchev–Trinajstić information content (AvgIpc) is 2.92. The highest BCUT2D eigenvalue weighted by Gasteiger charge is 2.47. The molecule has 3 rings (SSSR count). The van der Waals surface area contributed by atoms with Crippen molar-refractivity contribution < 1.29 is 9.47 Å². The summed E-state index contributed by atoms with van der Waals surface area (Å²) in [7, 11) is 0. The molecule has 1 N–H and O–H groups in total. The smallest absolute Gasteiger partial charge is 0.170 e. The van der Waals surface area contributed by atoms with Crippen LogP contribution in [0.5, 0.6) is 0 Å². The molecule has 4 unspecified atom stereocenters. The number of nitrogens with zero attached hydrogens (tertiary/aromatic N) is 1. The molecule has 1 saturated carbocycles. The van der Waals surface area contributed by atoms with E-state index in [0.717, 1.165) is 44.9 Å². The maximum Gasteiger partial charge on any atom is 0.170 e. The van der Waals surface area contributed by atoms with E-state index in [1.54, 1.807) is 0 Å². The first-order valence-corrected chi connectivity index (χ1v) is 8.90. The molecule has 4 nitrogen and oxygen atoms in total. The monoisotopic (exact) mass is 296 g/mol. The van der Waals surface area contributed by atoms with E-state index in [-0.39, 0.29) is 5.79 Å². The Morgan fingerprint density at radius 2 is 1.90 bits per heavy atom. The summed E-state index contributed by atoms with van der Waals surface area (Å²) in [6.07, 6.45) is 5.93. The summed E-state index contributed by atoms with van der Waals surface area (Å²) < 4.78 is 12.0. The van der Waals surface area contributed by atoms with Crippen LogP contribution in [0, 0.1) is 5.92 Å². The van der Waals surface area contributed by atoms with Crippen molar-refractivity contribution in [1.82, 2.24) is 10.2 Å². The standard InChI is InChI=1S/C17H32N2O2/c1-4-18-15-7-8-17(20-9-10-21-17)11-16(15)19-12-13(2)5-6-14(19)3/h13-16,18H,4-12H2,1-3H3. The Morgan fingerprint density at radius 1 is 1.14 bits per heavy atom. The molecule has 2 aliphatic heterocycles. The molecule has 3 fully saturated rings. The lowest BCUT2D eigenvalue weighted by atomic mass is 9.81. The quantitative estimate of drug-likeness (QED) is 0.867. The van der Waals surface area contributed by atoms with Crippen LogP contribution in [0.1, 0.15) is 52.9 Å². The summed E-state index contributed by atoms with van der Waals surface area (Å²) in [6.45, 7) is 10.8. The summed E-state index contributed by atoms with van der Waals surface area (Å²) in [6, 6.07) is 1.82. The fraction of sp³-hybridized carbons (Fsp3) is 1.00. The van der Waals surface area contributed by atoms with Crippen LogP contribution in [-0.2, 0) is 9.47 Å². The number of nitrogens with one attached hydrogen (secondary N) is 1. The first-order chi connectivity index (χ1) is 10.1. The largest absolute Gasteiger partial charge is 0.347 e. The van der Waals surface area contributed by atoms with Crippen LogP contribution in [0.3, 0.4) is 0 Å². The fourth-order valence-corrected chi connectivity index (χ4v) is 4.52. The maximum atomic E-state index is 6.01. The average molecular weight is 296 g/mol. The molecule has 4 atom stereocenters. The van der Waals surface area contributed by atoms with Crippen molar-refractivity contribution in [2.24, 2.45) is 5.92 Å². The fourth-order valence-electron chi connectivity index (χ4n) is 4.52. The molecule has 0 amide bonds. The number of rotatable bonds is 3. The first kappa shape index (κ1) is 15.7. The van der Waals surface area contributed by atoms with E-state index in [9.17, 15) is 0 Å². The number of piperidine rings is 1. The molecular formula is C17H32N2O2. The minimum absolute atomic E-state index is 0.281. The third-order valence-corrected chi connectivity index (χ3v) is 5.69. The van der Waals surface area contributed by atoms with E-state index < -0.39 is 0 Å². The van der Waals surface area contributed by atoms with Gasteiger partial charge in [-0.15, -0.1) is 0 Å². The van der Waals surface area contributed by atoms with Crippen LogP contribution in [0.4, 0.5) is 0 Å². The van der Waals surface area contributed by atoms with Gasteiger partial charge in [0.05, 0.1) is 13.2 Å². The number of hydrogen-bond donors (Lipinski definition) is 1. The van der Waals surface area contributed by atoms with E-state index in [1.165, 1.54) is 19.4 Å². The van der Waals surface area contributed by atoms with Crippen molar-refractivity contribution in [1.29, 1.82) is 0 Å². The van der Waals surface area contributed by atoms with Gasteiger partial charge in [0, 0.05) is 37.5 Å². The molecule has 0 aromatic heterocycles. The molecule has 0 bridgehead atoms. The lowest BCUT2D eigenvalue weighted by molar-refractivity contribution is -0.196. The Morgan fingerprint density at radius 3 is 2.62 bits per heavy atom. The third-order valence-electron chi connectivity index (χ3n) is 5.69. The second kappa shape index (κ2) is 6.53. The highest BCUT2D eigenvalue weighted by molar-refractivity contribution is 4.98. The molecule has 2 saturated heterocycles. The molecule has 122 valence electrons. The van der Waals surface area contributed by atoms with Gasteiger partial charge in [0.1, 0.15) is 0 Å². The molecule has 1 spiro atoms. The van der Waals surface area contributed by atoms with Crippen molar-refractivity contribution in [2.75, 3.05) is 26.3 Å². The van der Waals surface area contributed by atoms with Gasteiger partial charge in [0.25, 0.3) is 0 Å². The Hall–Kier alpha value is -0.160. The highest BCUT2D eigenvalue weighted by atomic mass is 16.7. The molecule has 0 aromatic rings. The molecule has 21 heavy (non-hydrogen) atoms. The van der Waals surface area contributed by atoms with Crippen LogP contribution in [0.2, 0.25) is 0 Å². The second-order valence-electron chi connectivity index (χ2n) is 7.31. The summed E-state index contributed by atoms with van der Waals surface area (Å²) >= 11 is 0. The van der Waals surface area contributed by atoms with Crippen LogP contribution >= 0.6 is 0 Å². The van der Waals surface area contributed by atoms with Gasteiger partial charge in [0.15, 0.2) is 5.79 Å². The SMILES string of the molecule is CCNC1CCC2(CC1N1CC(C)CCC1C)OCCO2. The second-order valence-corrected chi connectivity index (χ2v) is 7.31. The van der Waals surface area contributed by atoms with Crippen LogP contribution < -0.4 is 5.32 Å². The summed E-state index contributed by atoms with van der Waals surface area (Å²) in [4.78, 5) is 2.74. The molecule has 1 aliphatic carbocycles. The summed E-state index contributed by atoms with van der Waals surface area (Å²) in [5.74, 6) is 0.531. The van der Waals surface area contributed by atoms with E-state index in [0.29, 0.717) is 18.1 Å². The van der Waals surface area contributed by atoms with Crippen molar-refractivity contribution in [3.05, 3.63) is 0 Å². The lowest BCUT2D eigenvalue weighted by Crippen LogP contribution is -2.61. The van der Waals surface area contributed by atoms with Gasteiger partial charge in [-0.05, 0) is 38.6 Å². The lowest BCUT2D eigenvalue weighted by Gasteiger charge is -2.50. The Kier molecular flexibility index (Phi) is 4.89. The van der Waals surface area contributed by atoms with Crippen LogP contribution in [-0.4, -0.2) is 55.1 Å². The van der Waals surface area contributed by atoms with Gasteiger partial charge in [-0.25, -0.2) is 0 Å². The minimum atomic E-state index is -0.281. The topological polar surface area (TPSA) is 33.7 Å². The van der Waals surface area contributed by atoms with Gasteiger partial charge in [0.2, 0.25) is 0 Å². The molecule has 4 heteroatoms. The van der Waals surface area contributed by atoms with Crippen LogP contribution in [0.15, 0.2) is 0 Å². The highest BCUT2D eigenvalue weighted by Crippen LogP contribution is 2.39.